The maximum Gasteiger partial charge on any atom is 0.229 e. The molecule has 4 N–H and O–H groups in total. The topological polar surface area (TPSA) is 103 Å². The summed E-state index contributed by atoms with van der Waals surface area (Å²) in [4.78, 5) is 21.0. The molecule has 0 aliphatic carbocycles. The van der Waals surface area contributed by atoms with Crippen molar-refractivity contribution in [2.24, 2.45) is 4.99 Å². The fraction of sp³-hybridized carbons (Fsp3) is 0.348. The van der Waals surface area contributed by atoms with Gasteiger partial charge in [-0.1, -0.05) is 12.1 Å². The van der Waals surface area contributed by atoms with E-state index >= 15 is 0 Å². The van der Waals surface area contributed by atoms with Crippen molar-refractivity contribution in [2.45, 2.75) is 40.4 Å². The lowest BCUT2D eigenvalue weighted by Gasteiger charge is -2.15. The van der Waals surface area contributed by atoms with E-state index in [0.29, 0.717) is 23.6 Å². The van der Waals surface area contributed by atoms with E-state index in [9.17, 15) is 0 Å². The lowest BCUT2D eigenvalue weighted by atomic mass is 10.1. The fourth-order valence-electron chi connectivity index (χ4n) is 3.05. The summed E-state index contributed by atoms with van der Waals surface area (Å²) in [6.45, 7) is 10.6. The largest absolute Gasteiger partial charge is 0.348 e. The number of rotatable bonds is 7. The standard InChI is InChI=1S/C23H30N8S2/c1-14-6-7-15(2)19(10-14)29-23(32)31-21(30-22-27-16(3)11-17(4)28-22)24-8-9-33-12-20-18(5)25-13-26-20/h6-7,10-11,13H,8-9,12H2,1-5H3,(H,25,26)(H3,24,27,28,29,30,31,32). The summed E-state index contributed by atoms with van der Waals surface area (Å²) in [7, 11) is 0. The summed E-state index contributed by atoms with van der Waals surface area (Å²) >= 11 is 7.33. The molecule has 0 aliphatic rings. The second-order valence-electron chi connectivity index (χ2n) is 7.75. The lowest BCUT2D eigenvalue weighted by molar-refractivity contribution is 1.05. The molecule has 8 nitrogen and oxygen atoms in total. The third-order valence-corrected chi connectivity index (χ3v) is 5.92. The molecule has 10 heteroatoms. The molecule has 0 aliphatic heterocycles. The first-order valence-electron chi connectivity index (χ1n) is 10.7. The van der Waals surface area contributed by atoms with Gasteiger partial charge in [0, 0.05) is 34.3 Å². The molecule has 0 saturated heterocycles. The molecule has 1 aromatic carbocycles. The Hall–Kier alpha value is -2.98. The van der Waals surface area contributed by atoms with E-state index in [1.54, 1.807) is 18.1 Å². The van der Waals surface area contributed by atoms with Crippen molar-refractivity contribution in [3.8, 4) is 0 Å². The molecule has 3 aromatic rings. The Morgan fingerprint density at radius 1 is 1.06 bits per heavy atom. The Labute approximate surface area is 204 Å². The van der Waals surface area contributed by atoms with Gasteiger partial charge in [-0.25, -0.2) is 15.0 Å². The first-order valence-corrected chi connectivity index (χ1v) is 12.2. The third-order valence-electron chi connectivity index (χ3n) is 4.76. The van der Waals surface area contributed by atoms with Crippen LogP contribution in [0.3, 0.4) is 0 Å². The quantitative estimate of drug-likeness (QED) is 0.170. The molecule has 2 heterocycles. The van der Waals surface area contributed by atoms with Crippen LogP contribution in [0.25, 0.3) is 0 Å². The molecular weight excluding hydrogens is 452 g/mol. The molecule has 174 valence electrons. The number of H-pyrrole nitrogens is 1. The molecule has 3 rings (SSSR count). The summed E-state index contributed by atoms with van der Waals surface area (Å²) in [5.41, 5.74) is 7.16. The van der Waals surface area contributed by atoms with Gasteiger partial charge < -0.3 is 15.6 Å². The number of guanidine groups is 1. The van der Waals surface area contributed by atoms with Crippen LogP contribution < -0.4 is 16.0 Å². The Kier molecular flexibility index (Phi) is 8.79. The second-order valence-corrected chi connectivity index (χ2v) is 9.27. The Balaban J connectivity index is 1.65. The van der Waals surface area contributed by atoms with E-state index in [1.807, 2.05) is 33.8 Å². The second kappa shape index (κ2) is 11.8. The van der Waals surface area contributed by atoms with Crippen LogP contribution in [0.15, 0.2) is 35.6 Å². The Bertz CT molecular complexity index is 1120. The van der Waals surface area contributed by atoms with Crippen LogP contribution in [-0.2, 0) is 5.75 Å². The van der Waals surface area contributed by atoms with Crippen molar-refractivity contribution in [1.29, 1.82) is 0 Å². The number of benzene rings is 1. The molecule has 0 unspecified atom stereocenters. The summed E-state index contributed by atoms with van der Waals surface area (Å²) < 4.78 is 0. The fourth-order valence-corrected chi connectivity index (χ4v) is 4.11. The number of nitrogens with zero attached hydrogens (tertiary/aromatic N) is 4. The van der Waals surface area contributed by atoms with Gasteiger partial charge in [-0.2, -0.15) is 11.8 Å². The number of anilines is 2. The van der Waals surface area contributed by atoms with Gasteiger partial charge in [-0.05, 0) is 70.1 Å². The molecule has 0 bridgehead atoms. The molecule has 0 atom stereocenters. The molecule has 0 fully saturated rings. The summed E-state index contributed by atoms with van der Waals surface area (Å²) in [5, 5.41) is 10.0. The van der Waals surface area contributed by atoms with Gasteiger partial charge in [0.05, 0.1) is 18.6 Å². The van der Waals surface area contributed by atoms with Crippen molar-refractivity contribution < 1.29 is 0 Å². The number of hydrogen-bond acceptors (Lipinski definition) is 6. The van der Waals surface area contributed by atoms with Crippen LogP contribution in [0, 0.1) is 34.6 Å². The zero-order valence-electron chi connectivity index (χ0n) is 19.6. The molecule has 0 saturated carbocycles. The normalized spacial score (nSPS) is 11.4. The highest BCUT2D eigenvalue weighted by molar-refractivity contribution is 7.98. The number of imidazole rings is 1. The van der Waals surface area contributed by atoms with Crippen molar-refractivity contribution in [3.63, 3.8) is 0 Å². The number of thioether (sulfide) groups is 1. The highest BCUT2D eigenvalue weighted by atomic mass is 32.2. The monoisotopic (exact) mass is 482 g/mol. The van der Waals surface area contributed by atoms with Crippen molar-refractivity contribution in [2.75, 3.05) is 22.9 Å². The molecule has 0 spiro atoms. The molecular formula is C23H30N8S2. The van der Waals surface area contributed by atoms with Crippen molar-refractivity contribution in [3.05, 3.63) is 64.5 Å². The minimum atomic E-state index is 0.444. The minimum absolute atomic E-state index is 0.444. The number of aliphatic imine (C=N–C) groups is 1. The summed E-state index contributed by atoms with van der Waals surface area (Å²) in [6.07, 6.45) is 1.73. The van der Waals surface area contributed by atoms with Gasteiger partial charge in [-0.15, -0.1) is 0 Å². The average molecular weight is 483 g/mol. The first-order chi connectivity index (χ1) is 15.8. The molecule has 0 radical (unpaired) electrons. The maximum absolute atomic E-state index is 5.55. The van der Waals surface area contributed by atoms with Crippen molar-refractivity contribution >= 4 is 46.7 Å². The zero-order chi connectivity index (χ0) is 23.8. The van der Waals surface area contributed by atoms with Gasteiger partial charge in [0.2, 0.25) is 11.9 Å². The zero-order valence-corrected chi connectivity index (χ0v) is 21.2. The number of hydrogen-bond donors (Lipinski definition) is 4. The first kappa shape index (κ1) is 24.7. The molecule has 33 heavy (non-hydrogen) atoms. The number of aryl methyl sites for hydroxylation is 5. The Morgan fingerprint density at radius 2 is 1.82 bits per heavy atom. The van der Waals surface area contributed by atoms with Gasteiger partial charge in [-0.3, -0.25) is 10.3 Å². The smallest absolute Gasteiger partial charge is 0.229 e. The van der Waals surface area contributed by atoms with Gasteiger partial charge >= 0.3 is 0 Å². The Morgan fingerprint density at radius 3 is 2.52 bits per heavy atom. The number of thiocarbonyl (C=S) groups is 1. The number of nitrogens with one attached hydrogen (secondary N) is 4. The SMILES string of the molecule is Cc1ccc(C)c(NC(=S)NC(=NCCSCc2nc[nH]c2C)Nc2nc(C)cc(C)n2)c1. The van der Waals surface area contributed by atoms with Crippen LogP contribution in [-0.4, -0.2) is 43.3 Å². The highest BCUT2D eigenvalue weighted by Gasteiger charge is 2.09. The van der Waals surface area contributed by atoms with E-state index in [4.69, 9.17) is 12.2 Å². The van der Waals surface area contributed by atoms with Crippen LogP contribution in [0.5, 0.6) is 0 Å². The predicted octanol–water partition coefficient (Wildman–Crippen LogP) is 4.43. The van der Waals surface area contributed by atoms with Crippen LogP contribution >= 0.6 is 24.0 Å². The number of aromatic nitrogens is 4. The van der Waals surface area contributed by atoms with Crippen LogP contribution in [0.1, 0.15) is 33.9 Å². The van der Waals surface area contributed by atoms with Crippen LogP contribution in [0.4, 0.5) is 11.6 Å². The van der Waals surface area contributed by atoms with Gasteiger partial charge in [0.25, 0.3) is 0 Å². The minimum Gasteiger partial charge on any atom is -0.348 e. The lowest BCUT2D eigenvalue weighted by Crippen LogP contribution is -2.39. The summed E-state index contributed by atoms with van der Waals surface area (Å²) in [5.74, 6) is 2.66. The van der Waals surface area contributed by atoms with E-state index in [2.05, 4.69) is 66.0 Å². The third kappa shape index (κ3) is 7.83. The maximum atomic E-state index is 5.55. The van der Waals surface area contributed by atoms with Crippen LogP contribution in [0.2, 0.25) is 0 Å². The summed E-state index contributed by atoms with van der Waals surface area (Å²) in [6, 6.07) is 8.13. The van der Waals surface area contributed by atoms with Crippen molar-refractivity contribution in [1.82, 2.24) is 25.3 Å². The molecule has 0 amide bonds. The van der Waals surface area contributed by atoms with E-state index in [1.165, 1.54) is 0 Å². The average Bonchev–Trinajstić information content (AvgIpc) is 3.14. The molecule has 2 aromatic heterocycles. The van der Waals surface area contributed by atoms with E-state index in [-0.39, 0.29) is 0 Å². The van der Waals surface area contributed by atoms with E-state index < -0.39 is 0 Å². The predicted molar refractivity (Wildman–Crippen MR) is 142 cm³/mol. The van der Waals surface area contributed by atoms with E-state index in [0.717, 1.165) is 51.1 Å². The van der Waals surface area contributed by atoms with Gasteiger partial charge in [0.1, 0.15) is 0 Å². The van der Waals surface area contributed by atoms with Gasteiger partial charge in [0.15, 0.2) is 5.11 Å². The highest BCUT2D eigenvalue weighted by Crippen LogP contribution is 2.16. The number of aromatic amines is 1.